The van der Waals surface area contributed by atoms with Crippen LogP contribution in [0.4, 0.5) is 0 Å². The highest BCUT2D eigenvalue weighted by molar-refractivity contribution is 6.10. The number of esters is 1. The molecule has 0 bridgehead atoms. The molecular formula is C26H21N3O3. The standard InChI is InChI=1S/C26H21N3O3/c1-28-14-21(13-27)20-12-23-24(29-15-20)10-9-18-8-7-17(11-22(18)25(23)30)16-32-26(31)19-5-3-2-4-6-19/h2-15H,16,27H2,1H3. The van der Waals surface area contributed by atoms with E-state index in [4.69, 9.17) is 10.5 Å². The fraction of sp³-hybridized carbons (Fsp3) is 0.0769. The van der Waals surface area contributed by atoms with E-state index in [-0.39, 0.29) is 12.0 Å². The summed E-state index contributed by atoms with van der Waals surface area (Å²) < 4.78 is 5.42. The van der Waals surface area contributed by atoms with E-state index in [9.17, 15) is 9.59 Å². The van der Waals surface area contributed by atoms with Crippen LogP contribution >= 0.6 is 0 Å². The maximum absolute atomic E-state index is 13.4. The zero-order valence-corrected chi connectivity index (χ0v) is 17.5. The summed E-state index contributed by atoms with van der Waals surface area (Å²) in [4.78, 5) is 34.1. The summed E-state index contributed by atoms with van der Waals surface area (Å²) in [5, 5.41) is 1.77. The molecule has 0 aliphatic carbocycles. The second kappa shape index (κ2) is 9.22. The molecule has 0 spiro atoms. The molecule has 0 aliphatic heterocycles. The highest BCUT2D eigenvalue weighted by Crippen LogP contribution is 2.20. The predicted molar refractivity (Wildman–Crippen MR) is 128 cm³/mol. The number of nitrogens with two attached hydrogens (primary N) is 1. The number of nitrogens with zero attached hydrogens (tertiary/aromatic N) is 2. The van der Waals surface area contributed by atoms with Gasteiger partial charge in [-0.15, -0.1) is 0 Å². The SMILES string of the molecule is CN=CC(=CN)c1cnc2ccc3ccc(COC(=O)c4ccccc4)cc3c(=O)c2c1. The van der Waals surface area contributed by atoms with Crippen molar-refractivity contribution in [2.45, 2.75) is 6.61 Å². The lowest BCUT2D eigenvalue weighted by atomic mass is 10.1. The number of allylic oxidation sites excluding steroid dienone is 1. The van der Waals surface area contributed by atoms with Gasteiger partial charge in [0.15, 0.2) is 5.43 Å². The Labute approximate surface area is 184 Å². The van der Waals surface area contributed by atoms with Crippen LogP contribution in [0, 0.1) is 0 Å². The van der Waals surface area contributed by atoms with Crippen LogP contribution in [0.5, 0.6) is 0 Å². The van der Waals surface area contributed by atoms with Gasteiger partial charge in [-0.05, 0) is 41.3 Å². The zero-order valence-electron chi connectivity index (χ0n) is 17.5. The minimum absolute atomic E-state index is 0.0656. The van der Waals surface area contributed by atoms with E-state index < -0.39 is 5.97 Å². The van der Waals surface area contributed by atoms with Gasteiger partial charge in [0, 0.05) is 47.6 Å². The summed E-state index contributed by atoms with van der Waals surface area (Å²) in [7, 11) is 1.65. The average Bonchev–Trinajstić information content (AvgIpc) is 2.97. The molecule has 4 aromatic rings. The van der Waals surface area contributed by atoms with Crippen molar-refractivity contribution < 1.29 is 9.53 Å². The lowest BCUT2D eigenvalue weighted by molar-refractivity contribution is 0.0473. The first-order valence-electron chi connectivity index (χ1n) is 10.0. The zero-order chi connectivity index (χ0) is 22.5. The van der Waals surface area contributed by atoms with Crippen LogP contribution in [0.1, 0.15) is 21.5 Å². The number of carbonyl (C=O) groups excluding carboxylic acids is 1. The van der Waals surface area contributed by atoms with E-state index in [0.717, 1.165) is 10.9 Å². The van der Waals surface area contributed by atoms with Gasteiger partial charge in [-0.2, -0.15) is 0 Å². The number of aromatic nitrogens is 1. The maximum Gasteiger partial charge on any atom is 0.338 e. The summed E-state index contributed by atoms with van der Waals surface area (Å²) in [6.07, 6.45) is 4.72. The van der Waals surface area contributed by atoms with E-state index >= 15 is 0 Å². The lowest BCUT2D eigenvalue weighted by Gasteiger charge is -2.05. The summed E-state index contributed by atoms with van der Waals surface area (Å²) in [5.74, 6) is -0.412. The maximum atomic E-state index is 13.4. The molecule has 0 fully saturated rings. The van der Waals surface area contributed by atoms with E-state index in [2.05, 4.69) is 9.98 Å². The molecule has 6 nitrogen and oxygen atoms in total. The first-order valence-corrected chi connectivity index (χ1v) is 10.0. The number of fused-ring (bicyclic) bond motifs is 2. The molecule has 0 aliphatic rings. The highest BCUT2D eigenvalue weighted by Gasteiger charge is 2.10. The summed E-state index contributed by atoms with van der Waals surface area (Å²) in [6.45, 7) is 0.0656. The molecule has 0 saturated carbocycles. The number of carbonyl (C=O) groups is 1. The summed E-state index contributed by atoms with van der Waals surface area (Å²) >= 11 is 0. The second-order valence-electron chi connectivity index (χ2n) is 7.19. The molecular weight excluding hydrogens is 402 g/mol. The van der Waals surface area contributed by atoms with Crippen LogP contribution in [-0.4, -0.2) is 24.2 Å². The average molecular weight is 423 g/mol. The van der Waals surface area contributed by atoms with Gasteiger partial charge in [0.2, 0.25) is 0 Å². The molecule has 0 unspecified atom stereocenters. The third-order valence-electron chi connectivity index (χ3n) is 5.11. The van der Waals surface area contributed by atoms with Crippen LogP contribution in [0.15, 0.2) is 88.9 Å². The molecule has 158 valence electrons. The van der Waals surface area contributed by atoms with Crippen molar-refractivity contribution in [3.8, 4) is 0 Å². The number of pyridine rings is 1. The molecule has 0 amide bonds. The Balaban J connectivity index is 1.74. The smallest absolute Gasteiger partial charge is 0.338 e. The molecule has 6 heteroatoms. The fourth-order valence-corrected chi connectivity index (χ4v) is 3.46. The number of ether oxygens (including phenoxy) is 1. The molecule has 32 heavy (non-hydrogen) atoms. The normalized spacial score (nSPS) is 11.8. The first-order chi connectivity index (χ1) is 15.6. The van der Waals surface area contributed by atoms with Crippen LogP contribution in [0.3, 0.4) is 0 Å². The molecule has 0 saturated heterocycles. The Hall–Kier alpha value is -4.32. The number of aliphatic imine (C=N–C) groups is 1. The summed E-state index contributed by atoms with van der Waals surface area (Å²) in [5.41, 5.74) is 8.71. The largest absolute Gasteiger partial charge is 0.457 e. The van der Waals surface area contributed by atoms with Crippen LogP contribution in [-0.2, 0) is 11.3 Å². The van der Waals surface area contributed by atoms with E-state index in [1.807, 2.05) is 30.3 Å². The number of hydrogen-bond donors (Lipinski definition) is 1. The first kappa shape index (κ1) is 20.9. The molecule has 3 aromatic carbocycles. The minimum Gasteiger partial charge on any atom is -0.457 e. The van der Waals surface area contributed by atoms with Crippen LogP contribution in [0.25, 0.3) is 27.2 Å². The molecule has 0 radical (unpaired) electrons. The summed E-state index contributed by atoms with van der Waals surface area (Å²) in [6, 6.07) is 19.7. The van der Waals surface area contributed by atoms with Gasteiger partial charge >= 0.3 is 5.97 Å². The van der Waals surface area contributed by atoms with Crippen LogP contribution < -0.4 is 11.2 Å². The number of hydrogen-bond acceptors (Lipinski definition) is 6. The lowest BCUT2D eigenvalue weighted by Crippen LogP contribution is -2.06. The van der Waals surface area contributed by atoms with Gasteiger partial charge in [0.25, 0.3) is 0 Å². The third-order valence-corrected chi connectivity index (χ3v) is 5.11. The molecule has 1 heterocycles. The van der Waals surface area contributed by atoms with E-state index in [0.29, 0.717) is 33.0 Å². The minimum atomic E-state index is -0.412. The van der Waals surface area contributed by atoms with Crippen LogP contribution in [0.2, 0.25) is 0 Å². The third kappa shape index (κ3) is 4.25. The Morgan fingerprint density at radius 1 is 1.03 bits per heavy atom. The fourth-order valence-electron chi connectivity index (χ4n) is 3.46. The second-order valence-corrected chi connectivity index (χ2v) is 7.19. The molecule has 1 aromatic heterocycles. The van der Waals surface area contributed by atoms with Gasteiger partial charge < -0.3 is 10.5 Å². The Bertz CT molecular complexity index is 1430. The van der Waals surface area contributed by atoms with E-state index in [1.165, 1.54) is 6.20 Å². The van der Waals surface area contributed by atoms with Crippen molar-refractivity contribution >= 4 is 39.4 Å². The topological polar surface area (TPSA) is 94.6 Å². The monoisotopic (exact) mass is 423 g/mol. The van der Waals surface area contributed by atoms with Gasteiger partial charge in [-0.3, -0.25) is 14.8 Å². The quantitative estimate of drug-likeness (QED) is 0.385. The highest BCUT2D eigenvalue weighted by atomic mass is 16.5. The number of rotatable bonds is 5. The molecule has 0 atom stereocenters. The number of benzene rings is 2. The Morgan fingerprint density at radius 3 is 2.56 bits per heavy atom. The Morgan fingerprint density at radius 2 is 1.81 bits per heavy atom. The Kier molecular flexibility index (Phi) is 6.03. The molecule has 4 rings (SSSR count). The molecule has 2 N–H and O–H groups in total. The predicted octanol–water partition coefficient (Wildman–Crippen LogP) is 4.11. The van der Waals surface area contributed by atoms with Gasteiger partial charge in [-0.1, -0.05) is 36.4 Å². The van der Waals surface area contributed by atoms with Crippen molar-refractivity contribution in [2.24, 2.45) is 10.7 Å². The van der Waals surface area contributed by atoms with Crippen molar-refractivity contribution in [3.05, 3.63) is 106 Å². The van der Waals surface area contributed by atoms with Gasteiger partial charge in [0.1, 0.15) is 6.61 Å². The van der Waals surface area contributed by atoms with Crippen molar-refractivity contribution in [2.75, 3.05) is 7.05 Å². The van der Waals surface area contributed by atoms with Gasteiger partial charge in [0.05, 0.1) is 11.1 Å². The van der Waals surface area contributed by atoms with Crippen molar-refractivity contribution in [3.63, 3.8) is 0 Å². The van der Waals surface area contributed by atoms with Gasteiger partial charge in [-0.25, -0.2) is 4.79 Å². The van der Waals surface area contributed by atoms with Crippen molar-refractivity contribution in [1.82, 2.24) is 4.98 Å². The van der Waals surface area contributed by atoms with Crippen molar-refractivity contribution in [1.29, 1.82) is 0 Å². The van der Waals surface area contributed by atoms with E-state index in [1.54, 1.807) is 55.9 Å².